The second-order valence-electron chi connectivity index (χ2n) is 3.44. The molecule has 0 aromatic carbocycles. The van der Waals surface area contributed by atoms with Gasteiger partial charge in [0.05, 0.1) is 5.56 Å². The first-order valence-electron chi connectivity index (χ1n) is 4.45. The van der Waals surface area contributed by atoms with Crippen LogP contribution in [0.1, 0.15) is 16.8 Å². The second kappa shape index (κ2) is 5.01. The largest absolute Gasteiger partial charge is 0.457 e. The van der Waals surface area contributed by atoms with Crippen molar-refractivity contribution in [3.05, 3.63) is 22.6 Å². The standard InChI is InChI=1S/C9H11BrN2O2.ClH/c10-8-3-6(5-14-8)9(13)12-2-1-7(11)4-12;/h3,5,7H,1-2,4,11H2;1H. The van der Waals surface area contributed by atoms with E-state index in [0.29, 0.717) is 16.8 Å². The number of carbonyl (C=O) groups excluding carboxylic acids is 1. The van der Waals surface area contributed by atoms with E-state index in [2.05, 4.69) is 15.9 Å². The fourth-order valence-electron chi connectivity index (χ4n) is 1.58. The lowest BCUT2D eigenvalue weighted by Crippen LogP contribution is -2.31. The average Bonchev–Trinajstić information content (AvgIpc) is 2.73. The number of hydrogen-bond acceptors (Lipinski definition) is 3. The van der Waals surface area contributed by atoms with E-state index in [9.17, 15) is 4.79 Å². The maximum atomic E-state index is 11.8. The third kappa shape index (κ3) is 2.74. The highest BCUT2D eigenvalue weighted by molar-refractivity contribution is 9.10. The molecule has 2 rings (SSSR count). The van der Waals surface area contributed by atoms with Crippen LogP contribution in [-0.2, 0) is 0 Å². The summed E-state index contributed by atoms with van der Waals surface area (Å²) in [6.07, 6.45) is 2.33. The van der Waals surface area contributed by atoms with E-state index in [1.54, 1.807) is 11.0 Å². The van der Waals surface area contributed by atoms with Crippen LogP contribution in [0.4, 0.5) is 0 Å². The van der Waals surface area contributed by atoms with Crippen LogP contribution in [0.5, 0.6) is 0 Å². The number of furan rings is 1. The van der Waals surface area contributed by atoms with Crippen LogP contribution < -0.4 is 5.73 Å². The summed E-state index contributed by atoms with van der Waals surface area (Å²) in [4.78, 5) is 13.5. The lowest BCUT2D eigenvalue weighted by molar-refractivity contribution is 0.0790. The zero-order valence-corrected chi connectivity index (χ0v) is 10.4. The summed E-state index contributed by atoms with van der Waals surface area (Å²) in [6.45, 7) is 1.38. The fourth-order valence-corrected chi connectivity index (χ4v) is 1.92. The van der Waals surface area contributed by atoms with Gasteiger partial charge in [0.15, 0.2) is 4.67 Å². The molecular formula is C9H12BrClN2O2. The van der Waals surface area contributed by atoms with Crippen molar-refractivity contribution in [3.8, 4) is 0 Å². The molecule has 1 saturated heterocycles. The molecule has 4 nitrogen and oxygen atoms in total. The number of carbonyl (C=O) groups is 1. The van der Waals surface area contributed by atoms with E-state index >= 15 is 0 Å². The second-order valence-corrected chi connectivity index (χ2v) is 4.22. The highest BCUT2D eigenvalue weighted by atomic mass is 79.9. The SMILES string of the molecule is Cl.NC1CCN(C(=O)c2coc(Br)c2)C1. The van der Waals surface area contributed by atoms with Crippen molar-refractivity contribution >= 4 is 34.2 Å². The van der Waals surface area contributed by atoms with Crippen molar-refractivity contribution in [2.45, 2.75) is 12.5 Å². The van der Waals surface area contributed by atoms with E-state index in [1.807, 2.05) is 0 Å². The number of likely N-dealkylation sites (tertiary alicyclic amines) is 1. The van der Waals surface area contributed by atoms with Gasteiger partial charge in [-0.15, -0.1) is 12.4 Å². The van der Waals surface area contributed by atoms with Gasteiger partial charge in [0.25, 0.3) is 5.91 Å². The number of nitrogens with two attached hydrogens (primary N) is 1. The Bertz CT molecular complexity index is 356. The summed E-state index contributed by atoms with van der Waals surface area (Å²) in [5.74, 6) is -0.00704. The van der Waals surface area contributed by atoms with Crippen molar-refractivity contribution < 1.29 is 9.21 Å². The topological polar surface area (TPSA) is 59.5 Å². The van der Waals surface area contributed by atoms with Gasteiger partial charge in [-0.05, 0) is 22.4 Å². The fraction of sp³-hybridized carbons (Fsp3) is 0.444. The maximum absolute atomic E-state index is 11.8. The molecule has 1 unspecified atom stereocenters. The molecule has 84 valence electrons. The number of halogens is 2. The minimum absolute atomic E-state index is 0. The molecule has 15 heavy (non-hydrogen) atoms. The molecule has 1 aliphatic rings. The van der Waals surface area contributed by atoms with Crippen LogP contribution in [0.2, 0.25) is 0 Å². The molecule has 1 amide bonds. The van der Waals surface area contributed by atoms with Crippen molar-refractivity contribution in [2.24, 2.45) is 5.73 Å². The first kappa shape index (κ1) is 12.5. The van der Waals surface area contributed by atoms with Gasteiger partial charge in [-0.2, -0.15) is 0 Å². The predicted octanol–water partition coefficient (Wildman–Crippen LogP) is 1.64. The predicted molar refractivity (Wildman–Crippen MR) is 62.2 cm³/mol. The van der Waals surface area contributed by atoms with E-state index in [4.69, 9.17) is 10.2 Å². The first-order valence-corrected chi connectivity index (χ1v) is 5.25. The molecule has 1 aromatic heterocycles. The number of amides is 1. The molecule has 0 saturated carbocycles. The normalized spacial score (nSPS) is 20.1. The zero-order valence-electron chi connectivity index (χ0n) is 7.98. The molecule has 2 heterocycles. The van der Waals surface area contributed by atoms with Gasteiger partial charge in [0, 0.05) is 25.2 Å². The minimum atomic E-state index is -0.00704. The summed E-state index contributed by atoms with van der Waals surface area (Å²) in [6, 6.07) is 1.79. The molecule has 1 aliphatic heterocycles. The van der Waals surface area contributed by atoms with E-state index in [0.717, 1.165) is 13.0 Å². The third-order valence-electron chi connectivity index (χ3n) is 2.33. The van der Waals surface area contributed by atoms with Gasteiger partial charge < -0.3 is 15.1 Å². The third-order valence-corrected chi connectivity index (χ3v) is 2.74. The quantitative estimate of drug-likeness (QED) is 0.857. The van der Waals surface area contributed by atoms with Crippen molar-refractivity contribution in [3.63, 3.8) is 0 Å². The van der Waals surface area contributed by atoms with Gasteiger partial charge >= 0.3 is 0 Å². The van der Waals surface area contributed by atoms with Crippen LogP contribution in [0.25, 0.3) is 0 Å². The molecule has 0 radical (unpaired) electrons. The van der Waals surface area contributed by atoms with Gasteiger partial charge in [-0.25, -0.2) is 0 Å². The molecule has 0 spiro atoms. The minimum Gasteiger partial charge on any atom is -0.457 e. The molecular weight excluding hydrogens is 283 g/mol. The van der Waals surface area contributed by atoms with Crippen LogP contribution in [0.15, 0.2) is 21.4 Å². The van der Waals surface area contributed by atoms with Crippen molar-refractivity contribution in [1.29, 1.82) is 0 Å². The zero-order chi connectivity index (χ0) is 10.1. The monoisotopic (exact) mass is 294 g/mol. The summed E-state index contributed by atoms with van der Waals surface area (Å²) in [5, 5.41) is 0. The maximum Gasteiger partial charge on any atom is 0.257 e. The summed E-state index contributed by atoms with van der Waals surface area (Å²) < 4.78 is 5.58. The van der Waals surface area contributed by atoms with Gasteiger partial charge in [0.1, 0.15) is 6.26 Å². The van der Waals surface area contributed by atoms with Gasteiger partial charge in [0.2, 0.25) is 0 Å². The summed E-state index contributed by atoms with van der Waals surface area (Å²) in [7, 11) is 0. The number of rotatable bonds is 1. The Morgan fingerprint density at radius 1 is 1.67 bits per heavy atom. The van der Waals surface area contributed by atoms with Crippen LogP contribution >= 0.6 is 28.3 Å². The average molecular weight is 296 g/mol. The Balaban J connectivity index is 0.00000112. The Labute approximate surface area is 102 Å². The van der Waals surface area contributed by atoms with Crippen LogP contribution in [0, 0.1) is 0 Å². The number of hydrogen-bond donors (Lipinski definition) is 1. The van der Waals surface area contributed by atoms with Crippen LogP contribution in [0.3, 0.4) is 0 Å². The highest BCUT2D eigenvalue weighted by Crippen LogP contribution is 2.17. The van der Waals surface area contributed by atoms with Crippen molar-refractivity contribution in [2.75, 3.05) is 13.1 Å². The van der Waals surface area contributed by atoms with E-state index < -0.39 is 0 Å². The molecule has 2 N–H and O–H groups in total. The molecule has 1 atom stereocenters. The molecule has 0 aliphatic carbocycles. The Kier molecular flexibility index (Phi) is 4.19. The highest BCUT2D eigenvalue weighted by Gasteiger charge is 2.25. The van der Waals surface area contributed by atoms with E-state index in [1.165, 1.54) is 6.26 Å². The molecule has 6 heteroatoms. The number of nitrogens with zero attached hydrogens (tertiary/aromatic N) is 1. The summed E-state index contributed by atoms with van der Waals surface area (Å²) >= 11 is 3.16. The smallest absolute Gasteiger partial charge is 0.257 e. The summed E-state index contributed by atoms with van der Waals surface area (Å²) in [5.41, 5.74) is 6.29. The van der Waals surface area contributed by atoms with Crippen LogP contribution in [-0.4, -0.2) is 29.9 Å². The van der Waals surface area contributed by atoms with E-state index in [-0.39, 0.29) is 24.4 Å². The first-order chi connectivity index (χ1) is 6.66. The molecule has 1 aromatic rings. The lowest BCUT2D eigenvalue weighted by Gasteiger charge is -2.13. The Morgan fingerprint density at radius 2 is 2.40 bits per heavy atom. The van der Waals surface area contributed by atoms with Crippen molar-refractivity contribution in [1.82, 2.24) is 4.90 Å². The molecule has 0 bridgehead atoms. The lowest BCUT2D eigenvalue weighted by atomic mass is 10.3. The molecule has 1 fully saturated rings. The van der Waals surface area contributed by atoms with Gasteiger partial charge in [-0.3, -0.25) is 4.79 Å². The van der Waals surface area contributed by atoms with Gasteiger partial charge in [-0.1, -0.05) is 0 Å². The Hall–Kier alpha value is -0.520. The Morgan fingerprint density at radius 3 is 2.87 bits per heavy atom.